The van der Waals surface area contributed by atoms with E-state index in [1.54, 1.807) is 6.07 Å². The molecule has 3 nitrogen and oxygen atoms in total. The molecule has 0 saturated carbocycles. The van der Waals surface area contributed by atoms with E-state index in [-0.39, 0.29) is 30.6 Å². The van der Waals surface area contributed by atoms with Crippen LogP contribution in [0.3, 0.4) is 0 Å². The van der Waals surface area contributed by atoms with Gasteiger partial charge in [0.15, 0.2) is 0 Å². The van der Waals surface area contributed by atoms with E-state index in [9.17, 15) is 4.39 Å². The second-order valence-electron chi connectivity index (χ2n) is 5.74. The summed E-state index contributed by atoms with van der Waals surface area (Å²) in [6.45, 7) is 5.80. The van der Waals surface area contributed by atoms with Gasteiger partial charge in [-0.3, -0.25) is 4.90 Å². The molecule has 2 saturated heterocycles. The van der Waals surface area contributed by atoms with Gasteiger partial charge in [0.05, 0.1) is 0 Å². The molecule has 0 unspecified atom stereocenters. The number of ether oxygens (including phenoxy) is 1. The summed E-state index contributed by atoms with van der Waals surface area (Å²) in [6.07, 6.45) is 2.15. The van der Waals surface area contributed by atoms with Crippen molar-refractivity contribution in [3.8, 4) is 0 Å². The van der Waals surface area contributed by atoms with E-state index >= 15 is 0 Å². The molecule has 22 heavy (non-hydrogen) atoms. The summed E-state index contributed by atoms with van der Waals surface area (Å²) in [5.74, 6) is 0.443. The lowest BCUT2D eigenvalue weighted by atomic mass is 9.85. The number of nitrogens with one attached hydrogen (secondary N) is 1. The second-order valence-corrected chi connectivity index (χ2v) is 5.74. The van der Waals surface area contributed by atoms with Crippen molar-refractivity contribution in [2.75, 3.05) is 39.4 Å². The van der Waals surface area contributed by atoms with Crippen LogP contribution in [0.2, 0.25) is 0 Å². The lowest BCUT2D eigenvalue weighted by Crippen LogP contribution is -2.47. The molecule has 3 rings (SSSR count). The van der Waals surface area contributed by atoms with Crippen molar-refractivity contribution in [1.29, 1.82) is 0 Å². The fourth-order valence-electron chi connectivity index (χ4n) is 3.46. The predicted molar refractivity (Wildman–Crippen MR) is 91.6 cm³/mol. The van der Waals surface area contributed by atoms with Gasteiger partial charge in [-0.1, -0.05) is 12.1 Å². The van der Waals surface area contributed by atoms with Crippen LogP contribution in [-0.4, -0.2) is 44.3 Å². The Bertz CT molecular complexity index is 420. The van der Waals surface area contributed by atoms with Gasteiger partial charge >= 0.3 is 0 Å². The Morgan fingerprint density at radius 3 is 2.45 bits per heavy atom. The molecule has 2 aliphatic heterocycles. The van der Waals surface area contributed by atoms with E-state index < -0.39 is 0 Å². The largest absolute Gasteiger partial charge is 0.381 e. The molecule has 0 bridgehead atoms. The smallest absolute Gasteiger partial charge is 0.123 e. The van der Waals surface area contributed by atoms with Gasteiger partial charge in [-0.25, -0.2) is 4.39 Å². The van der Waals surface area contributed by atoms with Crippen molar-refractivity contribution in [3.05, 3.63) is 35.6 Å². The SMILES string of the molecule is Cl.Cl.Fc1cccc([C@@H](C2CCOCC2)N2CCNCC2)c1. The molecule has 0 aromatic heterocycles. The third-order valence-electron chi connectivity index (χ3n) is 4.45. The van der Waals surface area contributed by atoms with Crippen LogP contribution in [0, 0.1) is 11.7 Å². The minimum absolute atomic E-state index is 0. The summed E-state index contributed by atoms with van der Waals surface area (Å²) in [5, 5.41) is 3.39. The summed E-state index contributed by atoms with van der Waals surface area (Å²) < 4.78 is 19.1. The highest BCUT2D eigenvalue weighted by Gasteiger charge is 2.31. The van der Waals surface area contributed by atoms with Crippen molar-refractivity contribution >= 4 is 24.8 Å². The first-order chi connectivity index (χ1) is 9.84. The van der Waals surface area contributed by atoms with E-state index in [0.29, 0.717) is 12.0 Å². The van der Waals surface area contributed by atoms with Gasteiger partial charge in [0.1, 0.15) is 5.82 Å². The maximum Gasteiger partial charge on any atom is 0.123 e. The van der Waals surface area contributed by atoms with Gasteiger partial charge < -0.3 is 10.1 Å². The molecule has 0 amide bonds. The third-order valence-corrected chi connectivity index (χ3v) is 4.45. The monoisotopic (exact) mass is 350 g/mol. The van der Waals surface area contributed by atoms with Crippen molar-refractivity contribution in [1.82, 2.24) is 10.2 Å². The number of benzene rings is 1. The Hall–Kier alpha value is -0.390. The van der Waals surface area contributed by atoms with Gasteiger partial charge in [-0.2, -0.15) is 0 Å². The average Bonchev–Trinajstić information content (AvgIpc) is 2.50. The van der Waals surface area contributed by atoms with Crippen molar-refractivity contribution in [3.63, 3.8) is 0 Å². The lowest BCUT2D eigenvalue weighted by Gasteiger charge is -2.41. The van der Waals surface area contributed by atoms with Gasteiger partial charge in [0.2, 0.25) is 0 Å². The molecule has 1 N–H and O–H groups in total. The highest BCUT2D eigenvalue weighted by Crippen LogP contribution is 2.35. The standard InChI is InChI=1S/C16H23FN2O.2ClH/c17-15-3-1-2-14(12-15)16(13-4-10-20-11-5-13)19-8-6-18-7-9-19;;/h1-3,12-13,16,18H,4-11H2;2*1H/t16-;;/m1../s1. The van der Waals surface area contributed by atoms with E-state index in [1.807, 2.05) is 6.07 Å². The topological polar surface area (TPSA) is 24.5 Å². The fourth-order valence-corrected chi connectivity index (χ4v) is 3.46. The lowest BCUT2D eigenvalue weighted by molar-refractivity contribution is 0.0212. The summed E-state index contributed by atoms with van der Waals surface area (Å²) in [5.41, 5.74) is 1.12. The molecule has 2 aliphatic rings. The van der Waals surface area contributed by atoms with Crippen LogP contribution >= 0.6 is 24.8 Å². The minimum atomic E-state index is -0.130. The Morgan fingerprint density at radius 2 is 1.82 bits per heavy atom. The second kappa shape index (κ2) is 9.68. The number of piperazine rings is 1. The summed E-state index contributed by atoms with van der Waals surface area (Å²) in [6, 6.07) is 7.48. The van der Waals surface area contributed by atoms with E-state index in [2.05, 4.69) is 16.3 Å². The highest BCUT2D eigenvalue weighted by atomic mass is 35.5. The van der Waals surface area contributed by atoms with Crippen LogP contribution < -0.4 is 5.32 Å². The first-order valence-electron chi connectivity index (χ1n) is 7.62. The molecule has 1 aromatic rings. The van der Waals surface area contributed by atoms with Crippen molar-refractivity contribution in [2.24, 2.45) is 5.92 Å². The molecule has 2 heterocycles. The highest BCUT2D eigenvalue weighted by molar-refractivity contribution is 5.85. The van der Waals surface area contributed by atoms with Crippen LogP contribution in [-0.2, 0) is 4.74 Å². The number of hydrogen-bond acceptors (Lipinski definition) is 3. The van der Waals surface area contributed by atoms with Crippen LogP contribution in [0.15, 0.2) is 24.3 Å². The normalized spacial score (nSPS) is 21.5. The maximum atomic E-state index is 13.6. The molecule has 6 heteroatoms. The van der Waals surface area contributed by atoms with Crippen molar-refractivity contribution in [2.45, 2.75) is 18.9 Å². The van der Waals surface area contributed by atoms with Crippen LogP contribution in [0.4, 0.5) is 4.39 Å². The first-order valence-corrected chi connectivity index (χ1v) is 7.62. The minimum Gasteiger partial charge on any atom is -0.381 e. The Balaban J connectivity index is 0.00000121. The Morgan fingerprint density at radius 1 is 1.14 bits per heavy atom. The molecule has 0 radical (unpaired) electrons. The zero-order valence-corrected chi connectivity index (χ0v) is 14.3. The summed E-state index contributed by atoms with van der Waals surface area (Å²) in [7, 11) is 0. The molecule has 1 atom stereocenters. The average molecular weight is 351 g/mol. The molecular weight excluding hydrogens is 326 g/mol. The van der Waals surface area contributed by atoms with Gasteiger partial charge in [0, 0.05) is 45.4 Å². The summed E-state index contributed by atoms with van der Waals surface area (Å²) in [4.78, 5) is 2.52. The molecule has 2 fully saturated rings. The first kappa shape index (κ1) is 19.7. The number of nitrogens with zero attached hydrogens (tertiary/aromatic N) is 1. The van der Waals surface area contributed by atoms with Gasteiger partial charge in [-0.15, -0.1) is 24.8 Å². The zero-order chi connectivity index (χ0) is 13.8. The van der Waals surface area contributed by atoms with Crippen LogP contribution in [0.1, 0.15) is 24.4 Å². The van der Waals surface area contributed by atoms with Gasteiger partial charge in [-0.05, 0) is 36.5 Å². The third kappa shape index (κ3) is 4.80. The van der Waals surface area contributed by atoms with E-state index in [1.165, 1.54) is 6.07 Å². The molecule has 126 valence electrons. The van der Waals surface area contributed by atoms with Crippen LogP contribution in [0.25, 0.3) is 0 Å². The molecule has 1 aromatic carbocycles. The quantitative estimate of drug-likeness (QED) is 0.906. The van der Waals surface area contributed by atoms with Gasteiger partial charge in [0.25, 0.3) is 0 Å². The number of hydrogen-bond donors (Lipinski definition) is 1. The number of rotatable bonds is 3. The van der Waals surface area contributed by atoms with E-state index in [4.69, 9.17) is 4.74 Å². The van der Waals surface area contributed by atoms with E-state index in [0.717, 1.165) is 57.8 Å². The molecular formula is C16H25Cl2FN2O. The predicted octanol–water partition coefficient (Wildman–Crippen LogP) is 3.04. The van der Waals surface area contributed by atoms with Crippen LogP contribution in [0.5, 0.6) is 0 Å². The Labute approximate surface area is 144 Å². The summed E-state index contributed by atoms with van der Waals surface area (Å²) >= 11 is 0. The maximum absolute atomic E-state index is 13.6. The Kier molecular flexibility index (Phi) is 8.65. The zero-order valence-electron chi connectivity index (χ0n) is 12.7. The van der Waals surface area contributed by atoms with Crippen molar-refractivity contribution < 1.29 is 9.13 Å². The molecule has 0 spiro atoms. The fraction of sp³-hybridized carbons (Fsp3) is 0.625. The molecule has 0 aliphatic carbocycles. The number of halogens is 3.